The first-order chi connectivity index (χ1) is 9.08. The van der Waals surface area contributed by atoms with E-state index in [0.29, 0.717) is 17.8 Å². The van der Waals surface area contributed by atoms with Crippen LogP contribution in [0.2, 0.25) is 0 Å². The molecule has 2 N–H and O–H groups in total. The number of hydrogen-bond acceptors (Lipinski definition) is 4. The molecule has 0 bridgehead atoms. The molecule has 0 saturated heterocycles. The van der Waals surface area contributed by atoms with Crippen LogP contribution in [-0.4, -0.2) is 33.3 Å². The van der Waals surface area contributed by atoms with Crippen LogP contribution < -0.4 is 5.32 Å². The number of nitrogens with one attached hydrogen (secondary N) is 1. The summed E-state index contributed by atoms with van der Waals surface area (Å²) in [7, 11) is 1.84. The number of carboxylic acids is 1. The van der Waals surface area contributed by atoms with Crippen LogP contribution in [0.4, 0.5) is 0 Å². The minimum absolute atomic E-state index is 0.164. The molecule has 2 aromatic rings. The first-order valence-corrected chi connectivity index (χ1v) is 6.48. The van der Waals surface area contributed by atoms with Crippen molar-refractivity contribution in [3.8, 4) is 0 Å². The summed E-state index contributed by atoms with van der Waals surface area (Å²) in [5, 5.41) is 15.6. The lowest BCUT2D eigenvalue weighted by molar-refractivity contribution is 0.0702. The number of aromatic carboxylic acids is 1. The van der Waals surface area contributed by atoms with Gasteiger partial charge in [-0.15, -0.1) is 11.3 Å². The fourth-order valence-electron chi connectivity index (χ4n) is 1.61. The normalized spacial score (nSPS) is 10.4. The van der Waals surface area contributed by atoms with Crippen LogP contribution in [0.1, 0.15) is 25.0 Å². The molecule has 0 aliphatic heterocycles. The Kier molecular flexibility index (Phi) is 3.96. The molecule has 1 amide bonds. The van der Waals surface area contributed by atoms with E-state index in [1.54, 1.807) is 10.9 Å². The predicted octanol–water partition coefficient (Wildman–Crippen LogP) is 1.15. The summed E-state index contributed by atoms with van der Waals surface area (Å²) < 4.78 is 1.75. The highest BCUT2D eigenvalue weighted by Crippen LogP contribution is 2.16. The zero-order valence-corrected chi connectivity index (χ0v) is 11.1. The van der Waals surface area contributed by atoms with E-state index in [4.69, 9.17) is 5.11 Å². The molecule has 0 unspecified atom stereocenters. The maximum absolute atomic E-state index is 11.8. The molecule has 7 heteroatoms. The van der Waals surface area contributed by atoms with E-state index in [-0.39, 0.29) is 10.8 Å². The standard InChI is InChI=1S/C12H13N3O3S/c1-15-8(5-7-14-15)4-6-13-11(16)9-2-3-10(19-9)12(17)18/h2-3,5,7H,4,6H2,1H3,(H,13,16)(H,17,18). The molecular formula is C12H13N3O3S. The summed E-state index contributed by atoms with van der Waals surface area (Å²) in [6, 6.07) is 4.84. The van der Waals surface area contributed by atoms with Gasteiger partial charge in [0, 0.05) is 31.9 Å². The Morgan fingerprint density at radius 2 is 2.11 bits per heavy atom. The van der Waals surface area contributed by atoms with Crippen LogP contribution in [0.15, 0.2) is 24.4 Å². The molecular weight excluding hydrogens is 266 g/mol. The highest BCUT2D eigenvalue weighted by molar-refractivity contribution is 7.15. The Morgan fingerprint density at radius 1 is 1.37 bits per heavy atom. The molecule has 0 aromatic carbocycles. The van der Waals surface area contributed by atoms with Crippen molar-refractivity contribution in [2.75, 3.05) is 6.54 Å². The average molecular weight is 279 g/mol. The molecule has 6 nitrogen and oxygen atoms in total. The molecule has 0 aliphatic carbocycles. The van der Waals surface area contributed by atoms with E-state index >= 15 is 0 Å². The number of rotatable bonds is 5. The number of carbonyl (C=O) groups is 2. The number of nitrogens with zero attached hydrogens (tertiary/aromatic N) is 2. The van der Waals surface area contributed by atoms with Crippen LogP contribution in [0.25, 0.3) is 0 Å². The van der Waals surface area contributed by atoms with Gasteiger partial charge in [-0.2, -0.15) is 5.10 Å². The van der Waals surface area contributed by atoms with Gasteiger partial charge in [0.1, 0.15) is 4.88 Å². The lowest BCUT2D eigenvalue weighted by Gasteiger charge is -2.04. The zero-order chi connectivity index (χ0) is 13.8. The topological polar surface area (TPSA) is 84.2 Å². The van der Waals surface area contributed by atoms with Gasteiger partial charge in [-0.3, -0.25) is 9.48 Å². The van der Waals surface area contributed by atoms with Crippen molar-refractivity contribution in [3.63, 3.8) is 0 Å². The van der Waals surface area contributed by atoms with Crippen molar-refractivity contribution < 1.29 is 14.7 Å². The van der Waals surface area contributed by atoms with Crippen molar-refractivity contribution >= 4 is 23.2 Å². The van der Waals surface area contributed by atoms with Crippen LogP contribution in [0.5, 0.6) is 0 Å². The zero-order valence-electron chi connectivity index (χ0n) is 10.3. The maximum atomic E-state index is 11.8. The lowest BCUT2D eigenvalue weighted by Crippen LogP contribution is -2.25. The van der Waals surface area contributed by atoms with Gasteiger partial charge in [-0.25, -0.2) is 4.79 Å². The number of aryl methyl sites for hydroxylation is 1. The minimum Gasteiger partial charge on any atom is -0.477 e. The number of thiophene rings is 1. The van der Waals surface area contributed by atoms with Crippen molar-refractivity contribution in [3.05, 3.63) is 39.8 Å². The second-order valence-electron chi connectivity index (χ2n) is 3.92. The Morgan fingerprint density at radius 3 is 2.68 bits per heavy atom. The highest BCUT2D eigenvalue weighted by atomic mass is 32.1. The molecule has 2 heterocycles. The first-order valence-electron chi connectivity index (χ1n) is 5.66. The van der Waals surface area contributed by atoms with Gasteiger partial charge in [0.05, 0.1) is 4.88 Å². The third kappa shape index (κ3) is 3.19. The Hall–Kier alpha value is -2.15. The van der Waals surface area contributed by atoms with Crippen molar-refractivity contribution in [1.29, 1.82) is 0 Å². The van der Waals surface area contributed by atoms with Gasteiger partial charge < -0.3 is 10.4 Å². The van der Waals surface area contributed by atoms with E-state index in [9.17, 15) is 9.59 Å². The van der Waals surface area contributed by atoms with Crippen molar-refractivity contribution in [1.82, 2.24) is 15.1 Å². The summed E-state index contributed by atoms with van der Waals surface area (Å²) in [4.78, 5) is 23.1. The number of carbonyl (C=O) groups excluding carboxylic acids is 1. The molecule has 2 rings (SSSR count). The van der Waals surface area contributed by atoms with E-state index < -0.39 is 5.97 Å². The quantitative estimate of drug-likeness (QED) is 0.860. The fraction of sp³-hybridized carbons (Fsp3) is 0.250. The fourth-order valence-corrected chi connectivity index (χ4v) is 2.37. The Balaban J connectivity index is 1.87. The molecule has 0 saturated carbocycles. The molecule has 100 valence electrons. The number of carboxylic acid groups (broad SMARTS) is 1. The highest BCUT2D eigenvalue weighted by Gasteiger charge is 2.12. The van der Waals surface area contributed by atoms with Crippen molar-refractivity contribution in [2.24, 2.45) is 7.05 Å². The Labute approximate surface area is 113 Å². The second-order valence-corrected chi connectivity index (χ2v) is 5.00. The third-order valence-corrected chi connectivity index (χ3v) is 3.70. The van der Waals surface area contributed by atoms with Crippen LogP contribution >= 0.6 is 11.3 Å². The van der Waals surface area contributed by atoms with Gasteiger partial charge in [-0.05, 0) is 18.2 Å². The van der Waals surface area contributed by atoms with Gasteiger partial charge in [0.25, 0.3) is 5.91 Å². The molecule has 0 aliphatic rings. The SMILES string of the molecule is Cn1nccc1CCNC(=O)c1ccc(C(=O)O)s1. The van der Waals surface area contributed by atoms with Gasteiger partial charge in [-0.1, -0.05) is 0 Å². The van der Waals surface area contributed by atoms with E-state index in [1.807, 2.05) is 13.1 Å². The predicted molar refractivity (Wildman–Crippen MR) is 70.5 cm³/mol. The summed E-state index contributed by atoms with van der Waals surface area (Å²) in [6.07, 6.45) is 2.38. The van der Waals surface area contributed by atoms with Crippen LogP contribution in [0, 0.1) is 0 Å². The number of amides is 1. The monoisotopic (exact) mass is 279 g/mol. The maximum Gasteiger partial charge on any atom is 0.345 e. The van der Waals surface area contributed by atoms with Crippen molar-refractivity contribution in [2.45, 2.75) is 6.42 Å². The van der Waals surface area contributed by atoms with Crippen LogP contribution in [-0.2, 0) is 13.5 Å². The molecule has 0 atom stereocenters. The molecule has 0 fully saturated rings. The first kappa shape index (κ1) is 13.3. The molecule has 0 radical (unpaired) electrons. The summed E-state index contributed by atoms with van der Waals surface area (Å²) >= 11 is 0.971. The molecule has 19 heavy (non-hydrogen) atoms. The number of hydrogen-bond donors (Lipinski definition) is 2. The molecule has 2 aromatic heterocycles. The summed E-state index contributed by atoms with van der Waals surface area (Å²) in [5.74, 6) is -1.27. The smallest absolute Gasteiger partial charge is 0.345 e. The Bertz CT molecular complexity index is 603. The van der Waals surface area contributed by atoms with E-state index in [0.717, 1.165) is 17.0 Å². The average Bonchev–Trinajstić information content (AvgIpc) is 2.98. The third-order valence-electron chi connectivity index (χ3n) is 2.63. The lowest BCUT2D eigenvalue weighted by atomic mass is 10.3. The van der Waals surface area contributed by atoms with Crippen LogP contribution in [0.3, 0.4) is 0 Å². The van der Waals surface area contributed by atoms with Gasteiger partial charge in [0.2, 0.25) is 0 Å². The minimum atomic E-state index is -1.01. The van der Waals surface area contributed by atoms with E-state index in [1.165, 1.54) is 12.1 Å². The largest absolute Gasteiger partial charge is 0.477 e. The summed E-state index contributed by atoms with van der Waals surface area (Å²) in [5.41, 5.74) is 1.03. The van der Waals surface area contributed by atoms with Gasteiger partial charge >= 0.3 is 5.97 Å². The summed E-state index contributed by atoms with van der Waals surface area (Å²) in [6.45, 7) is 0.485. The van der Waals surface area contributed by atoms with E-state index in [2.05, 4.69) is 10.4 Å². The van der Waals surface area contributed by atoms with Gasteiger partial charge in [0.15, 0.2) is 0 Å². The molecule has 0 spiro atoms. The second kappa shape index (κ2) is 5.66. The number of aromatic nitrogens is 2.